The summed E-state index contributed by atoms with van der Waals surface area (Å²) in [6.07, 6.45) is 0.684. The number of esters is 1. The van der Waals surface area contributed by atoms with Crippen molar-refractivity contribution in [1.29, 1.82) is 0 Å². The summed E-state index contributed by atoms with van der Waals surface area (Å²) >= 11 is 6.88. The Hall–Kier alpha value is -1.75. The number of nitrogen functional groups attached to an aromatic ring is 1. The molecule has 11 nitrogen and oxygen atoms in total. The predicted octanol–water partition coefficient (Wildman–Crippen LogP) is 2.36. The van der Waals surface area contributed by atoms with E-state index < -0.39 is 43.1 Å². The van der Waals surface area contributed by atoms with E-state index in [-0.39, 0.29) is 12.7 Å². The van der Waals surface area contributed by atoms with Gasteiger partial charge in [-0.05, 0) is 33.8 Å². The Morgan fingerprint density at radius 3 is 2.90 bits per heavy atom. The molecule has 0 aliphatic carbocycles. The summed E-state index contributed by atoms with van der Waals surface area (Å²) in [5.74, 6) is -0.567. The van der Waals surface area contributed by atoms with Crippen LogP contribution in [0.15, 0.2) is 18.6 Å². The molecule has 2 aromatic heterocycles. The highest BCUT2D eigenvalue weighted by atomic mass is 35.5. The van der Waals surface area contributed by atoms with Crippen molar-refractivity contribution in [3.8, 4) is 0 Å². The van der Waals surface area contributed by atoms with E-state index >= 15 is 0 Å². The molecule has 0 amide bonds. The number of carbonyl (C=O) groups is 1. The molecule has 2 aliphatic rings. The fourth-order valence-corrected chi connectivity index (χ4v) is 5.85. The number of hydrogen-bond donors (Lipinski definition) is 2. The van der Waals surface area contributed by atoms with Crippen molar-refractivity contribution in [2.24, 2.45) is 0 Å². The lowest BCUT2D eigenvalue weighted by atomic mass is 10.0. The van der Waals surface area contributed by atoms with Crippen LogP contribution < -0.4 is 10.8 Å². The van der Waals surface area contributed by atoms with Crippen LogP contribution in [0.1, 0.15) is 33.9 Å². The number of imidazole rings is 1. The van der Waals surface area contributed by atoms with Crippen LogP contribution in [0.5, 0.6) is 0 Å². The maximum atomic E-state index is 13.2. The zero-order valence-electron chi connectivity index (χ0n) is 17.5. The van der Waals surface area contributed by atoms with Gasteiger partial charge in [-0.3, -0.25) is 18.4 Å². The van der Waals surface area contributed by atoms with Gasteiger partial charge in [0.1, 0.15) is 28.6 Å². The first kappa shape index (κ1) is 22.4. The molecule has 0 spiro atoms. The molecule has 0 aromatic carbocycles. The highest BCUT2D eigenvalue weighted by Crippen LogP contribution is 2.57. The van der Waals surface area contributed by atoms with Crippen LogP contribution in [-0.4, -0.2) is 56.3 Å². The Kier molecular flexibility index (Phi) is 5.78. The molecule has 31 heavy (non-hydrogen) atoms. The van der Waals surface area contributed by atoms with Crippen LogP contribution in [0, 0.1) is 0 Å². The van der Waals surface area contributed by atoms with Crippen LogP contribution >= 0.6 is 19.3 Å². The number of alkyl halides is 1. The van der Waals surface area contributed by atoms with E-state index in [4.69, 9.17) is 35.9 Å². The Morgan fingerprint density at radius 2 is 2.19 bits per heavy atom. The molecule has 2 aliphatic heterocycles. The molecule has 0 unspecified atom stereocenters. The Labute approximate surface area is 184 Å². The highest BCUT2D eigenvalue weighted by Gasteiger charge is 2.60. The summed E-state index contributed by atoms with van der Waals surface area (Å²) < 4.78 is 37.3. The van der Waals surface area contributed by atoms with Gasteiger partial charge < -0.3 is 15.2 Å². The number of aromatic nitrogens is 3. The number of carbonyl (C=O) groups excluding carboxylic acids is 1. The molecule has 170 valence electrons. The second-order valence-electron chi connectivity index (χ2n) is 8.06. The van der Waals surface area contributed by atoms with Crippen LogP contribution in [0.4, 0.5) is 5.69 Å². The van der Waals surface area contributed by atoms with Gasteiger partial charge in [-0.25, -0.2) is 19.6 Å². The van der Waals surface area contributed by atoms with E-state index in [0.29, 0.717) is 16.9 Å². The second kappa shape index (κ2) is 7.99. The summed E-state index contributed by atoms with van der Waals surface area (Å²) in [5.41, 5.74) is 7.48. The zero-order chi connectivity index (χ0) is 22.6. The van der Waals surface area contributed by atoms with Crippen molar-refractivity contribution in [3.63, 3.8) is 0 Å². The summed E-state index contributed by atoms with van der Waals surface area (Å²) in [5, 5.41) is 2.61. The number of ether oxygens (including phenoxy) is 2. The molecule has 4 heterocycles. The first-order valence-corrected chi connectivity index (χ1v) is 11.8. The maximum absolute atomic E-state index is 13.2. The van der Waals surface area contributed by atoms with Crippen molar-refractivity contribution in [3.05, 3.63) is 18.6 Å². The normalized spacial score (nSPS) is 34.1. The van der Waals surface area contributed by atoms with Gasteiger partial charge in [0, 0.05) is 6.20 Å². The third-order valence-corrected chi connectivity index (χ3v) is 7.24. The van der Waals surface area contributed by atoms with Gasteiger partial charge in [0.25, 0.3) is 0 Å². The lowest BCUT2D eigenvalue weighted by Crippen LogP contribution is -2.47. The Bertz CT molecular complexity index is 1050. The fourth-order valence-electron chi connectivity index (χ4n) is 3.68. The van der Waals surface area contributed by atoms with Gasteiger partial charge in [0.15, 0.2) is 11.9 Å². The SMILES string of the molecule is CC(C)OC(=O)[C@@H](C)N[P@@]1(=O)OC[C@H]2O[C@@H](n3cnc4c(N)ccnc43)[C@](C)(Cl)[C@@H]2O1. The minimum absolute atomic E-state index is 0.0398. The van der Waals surface area contributed by atoms with Gasteiger partial charge in [-0.2, -0.15) is 0 Å². The minimum atomic E-state index is -3.85. The van der Waals surface area contributed by atoms with E-state index in [0.717, 1.165) is 0 Å². The summed E-state index contributed by atoms with van der Waals surface area (Å²) in [6, 6.07) is 0.744. The van der Waals surface area contributed by atoms with Crippen LogP contribution in [0.25, 0.3) is 11.2 Å². The summed E-state index contributed by atoms with van der Waals surface area (Å²) in [4.78, 5) is 19.6. The first-order chi connectivity index (χ1) is 14.5. The minimum Gasteiger partial charge on any atom is -0.462 e. The predicted molar refractivity (Wildman–Crippen MR) is 112 cm³/mol. The molecule has 13 heteroatoms. The average molecular weight is 474 g/mol. The number of anilines is 1. The van der Waals surface area contributed by atoms with Crippen molar-refractivity contribution in [1.82, 2.24) is 19.6 Å². The topological polar surface area (TPSA) is 140 Å². The molecule has 0 bridgehead atoms. The largest absolute Gasteiger partial charge is 0.462 e. The third kappa shape index (κ3) is 4.06. The van der Waals surface area contributed by atoms with Gasteiger partial charge in [0.2, 0.25) is 0 Å². The molecule has 3 N–H and O–H groups in total. The molecule has 2 aromatic rings. The summed E-state index contributed by atoms with van der Waals surface area (Å²) in [6.45, 7) is 6.64. The molecule has 2 fully saturated rings. The van der Waals surface area contributed by atoms with E-state index in [9.17, 15) is 9.36 Å². The number of nitrogens with one attached hydrogen (secondary N) is 1. The average Bonchev–Trinajstić information content (AvgIpc) is 3.21. The van der Waals surface area contributed by atoms with E-state index in [2.05, 4.69) is 15.1 Å². The van der Waals surface area contributed by atoms with Crippen molar-refractivity contribution >= 4 is 42.2 Å². The first-order valence-electron chi connectivity index (χ1n) is 9.84. The fraction of sp³-hybridized carbons (Fsp3) is 0.611. The van der Waals surface area contributed by atoms with E-state index in [1.807, 2.05) is 0 Å². The quantitative estimate of drug-likeness (QED) is 0.377. The van der Waals surface area contributed by atoms with Crippen molar-refractivity contribution in [2.75, 3.05) is 12.3 Å². The monoisotopic (exact) mass is 473 g/mol. The maximum Gasteiger partial charge on any atom is 0.406 e. The molecule has 0 saturated carbocycles. The molecule has 4 rings (SSSR count). The summed E-state index contributed by atoms with van der Waals surface area (Å²) in [7, 11) is -3.85. The molecular weight excluding hydrogens is 449 g/mol. The standard InChI is InChI=1S/C18H25ClN5O6P/c1-9(2)28-16(25)10(3)23-31(26)27-7-12-14(30-31)18(4,19)17(29-12)24-8-22-13-11(20)5-6-21-15(13)24/h5-6,8-10,12,14,17H,7H2,1-4H3,(H2,20,21)(H,23,26)/t10-,12-,14-,17-,18-,31-/m1/s1. The Balaban J connectivity index is 1.55. The molecule has 2 saturated heterocycles. The number of nitrogens with zero attached hydrogens (tertiary/aromatic N) is 3. The van der Waals surface area contributed by atoms with Crippen molar-refractivity contribution < 1.29 is 27.9 Å². The number of rotatable bonds is 5. The van der Waals surface area contributed by atoms with Crippen molar-refractivity contribution in [2.45, 2.75) is 63.2 Å². The van der Waals surface area contributed by atoms with Crippen LogP contribution in [0.2, 0.25) is 0 Å². The number of pyridine rings is 1. The van der Waals surface area contributed by atoms with Crippen LogP contribution in [0.3, 0.4) is 0 Å². The van der Waals surface area contributed by atoms with E-state index in [1.54, 1.807) is 43.9 Å². The number of hydrogen-bond acceptors (Lipinski definition) is 9. The smallest absolute Gasteiger partial charge is 0.406 e. The number of halogens is 1. The Morgan fingerprint density at radius 1 is 1.45 bits per heavy atom. The van der Waals surface area contributed by atoms with Crippen LogP contribution in [-0.2, 0) is 27.9 Å². The third-order valence-electron chi connectivity index (χ3n) is 5.14. The van der Waals surface area contributed by atoms with Gasteiger partial charge >= 0.3 is 13.7 Å². The second-order valence-corrected chi connectivity index (χ2v) is 10.6. The lowest BCUT2D eigenvalue weighted by Gasteiger charge is -2.36. The number of fused-ring (bicyclic) bond motifs is 2. The zero-order valence-corrected chi connectivity index (χ0v) is 19.2. The lowest BCUT2D eigenvalue weighted by molar-refractivity contribution is -0.149. The van der Waals surface area contributed by atoms with Gasteiger partial charge in [0.05, 0.1) is 24.7 Å². The number of nitrogens with two attached hydrogens (primary N) is 1. The van der Waals surface area contributed by atoms with E-state index in [1.165, 1.54) is 6.92 Å². The molecular formula is C18H25ClN5O6P. The van der Waals surface area contributed by atoms with Gasteiger partial charge in [-0.1, -0.05) is 0 Å². The molecule has 0 radical (unpaired) electrons. The van der Waals surface area contributed by atoms with Gasteiger partial charge in [-0.15, -0.1) is 11.6 Å². The highest BCUT2D eigenvalue weighted by molar-refractivity contribution is 7.51. The molecule has 6 atom stereocenters.